The van der Waals surface area contributed by atoms with E-state index in [1.54, 1.807) is 30.8 Å². The molecule has 5 heteroatoms. The van der Waals surface area contributed by atoms with Crippen LogP contribution in [0.2, 0.25) is 0 Å². The molecule has 2 rings (SSSR count). The lowest BCUT2D eigenvalue weighted by molar-refractivity contribution is -0.116. The van der Waals surface area contributed by atoms with Gasteiger partial charge in [0, 0.05) is 17.3 Å². The van der Waals surface area contributed by atoms with Gasteiger partial charge in [0.15, 0.2) is 0 Å². The van der Waals surface area contributed by atoms with E-state index in [0.29, 0.717) is 10.6 Å². The van der Waals surface area contributed by atoms with Crippen molar-refractivity contribution in [2.24, 2.45) is 0 Å². The standard InChI is InChI=1S/C16H17N3OS/c1-11-4-6-15(7-5-11)19-10-14(9-17-19)8-12(2)16(20)18-13(3)21/h4-10H,1-3H3,(H,18,20,21)/b12-8+. The van der Waals surface area contributed by atoms with E-state index in [0.717, 1.165) is 11.3 Å². The highest BCUT2D eigenvalue weighted by atomic mass is 32.1. The summed E-state index contributed by atoms with van der Waals surface area (Å²) in [6, 6.07) is 8.08. The smallest absolute Gasteiger partial charge is 0.251 e. The first-order valence-electron chi connectivity index (χ1n) is 6.57. The van der Waals surface area contributed by atoms with Gasteiger partial charge in [-0.2, -0.15) is 5.10 Å². The van der Waals surface area contributed by atoms with Crippen molar-refractivity contribution in [2.45, 2.75) is 20.8 Å². The molecule has 21 heavy (non-hydrogen) atoms. The Morgan fingerprint density at radius 2 is 1.95 bits per heavy atom. The van der Waals surface area contributed by atoms with Crippen LogP contribution in [0.4, 0.5) is 0 Å². The Bertz CT molecular complexity index is 699. The van der Waals surface area contributed by atoms with Crippen LogP contribution in [0.1, 0.15) is 25.0 Å². The minimum absolute atomic E-state index is 0.189. The predicted octanol–water partition coefficient (Wildman–Crippen LogP) is 3.05. The first-order chi connectivity index (χ1) is 9.95. The van der Waals surface area contributed by atoms with E-state index < -0.39 is 0 Å². The quantitative estimate of drug-likeness (QED) is 0.700. The molecule has 0 aliphatic heterocycles. The third-order valence-corrected chi connectivity index (χ3v) is 3.03. The van der Waals surface area contributed by atoms with Gasteiger partial charge >= 0.3 is 0 Å². The molecule has 0 radical (unpaired) electrons. The maximum absolute atomic E-state index is 11.8. The molecular weight excluding hydrogens is 282 g/mol. The summed E-state index contributed by atoms with van der Waals surface area (Å²) in [7, 11) is 0. The molecule has 0 bridgehead atoms. The Balaban J connectivity index is 2.18. The number of hydrogen-bond donors (Lipinski definition) is 1. The molecule has 108 valence electrons. The van der Waals surface area contributed by atoms with Gasteiger partial charge in [0.2, 0.25) is 0 Å². The van der Waals surface area contributed by atoms with Crippen molar-refractivity contribution >= 4 is 29.2 Å². The van der Waals surface area contributed by atoms with Crippen molar-refractivity contribution < 1.29 is 4.79 Å². The molecule has 4 nitrogen and oxygen atoms in total. The molecule has 1 aromatic carbocycles. The summed E-state index contributed by atoms with van der Waals surface area (Å²) in [4.78, 5) is 12.2. The average Bonchev–Trinajstić information content (AvgIpc) is 2.87. The van der Waals surface area contributed by atoms with Crippen LogP contribution < -0.4 is 5.32 Å². The van der Waals surface area contributed by atoms with E-state index in [9.17, 15) is 4.79 Å². The number of nitrogens with zero attached hydrogens (tertiary/aromatic N) is 2. The molecule has 1 N–H and O–H groups in total. The zero-order valence-electron chi connectivity index (χ0n) is 12.3. The molecule has 0 spiro atoms. The molecule has 0 aliphatic rings. The van der Waals surface area contributed by atoms with Crippen LogP contribution in [0, 0.1) is 6.92 Å². The van der Waals surface area contributed by atoms with Gasteiger partial charge < -0.3 is 5.32 Å². The number of nitrogens with one attached hydrogen (secondary N) is 1. The summed E-state index contributed by atoms with van der Waals surface area (Å²) in [6.07, 6.45) is 5.39. The number of carbonyl (C=O) groups excluding carboxylic acids is 1. The first-order valence-corrected chi connectivity index (χ1v) is 6.98. The molecular formula is C16H17N3OS. The Morgan fingerprint density at radius 3 is 2.57 bits per heavy atom. The van der Waals surface area contributed by atoms with Gasteiger partial charge in [-0.3, -0.25) is 4.79 Å². The minimum Gasteiger partial charge on any atom is -0.317 e. The second kappa shape index (κ2) is 6.45. The van der Waals surface area contributed by atoms with Gasteiger partial charge in [-0.1, -0.05) is 29.9 Å². The lowest BCUT2D eigenvalue weighted by Gasteiger charge is -2.02. The summed E-state index contributed by atoms with van der Waals surface area (Å²) < 4.78 is 1.78. The van der Waals surface area contributed by atoms with Crippen LogP contribution in [0.15, 0.2) is 42.2 Å². The second-order valence-corrected chi connectivity index (χ2v) is 5.50. The fraction of sp³-hybridized carbons (Fsp3) is 0.188. The molecule has 0 saturated heterocycles. The Morgan fingerprint density at radius 1 is 1.29 bits per heavy atom. The van der Waals surface area contributed by atoms with Gasteiger partial charge in [-0.15, -0.1) is 0 Å². The molecule has 0 unspecified atom stereocenters. The average molecular weight is 299 g/mol. The molecule has 0 saturated carbocycles. The highest BCUT2D eigenvalue weighted by Crippen LogP contribution is 2.12. The molecule has 0 aliphatic carbocycles. The maximum Gasteiger partial charge on any atom is 0.251 e. The third kappa shape index (κ3) is 4.10. The first kappa shape index (κ1) is 15.1. The van der Waals surface area contributed by atoms with Crippen molar-refractivity contribution in [3.8, 4) is 5.69 Å². The molecule has 0 fully saturated rings. The van der Waals surface area contributed by atoms with E-state index in [2.05, 4.69) is 10.4 Å². The monoisotopic (exact) mass is 299 g/mol. The van der Waals surface area contributed by atoms with Crippen molar-refractivity contribution in [3.05, 3.63) is 53.4 Å². The van der Waals surface area contributed by atoms with Crippen molar-refractivity contribution in [1.82, 2.24) is 15.1 Å². The number of aromatic nitrogens is 2. The lowest BCUT2D eigenvalue weighted by atomic mass is 10.2. The van der Waals surface area contributed by atoms with Crippen LogP contribution in [0.25, 0.3) is 11.8 Å². The van der Waals surface area contributed by atoms with Crippen LogP contribution >= 0.6 is 12.2 Å². The van der Waals surface area contributed by atoms with Crippen LogP contribution in [0.5, 0.6) is 0 Å². The molecule has 1 aromatic heterocycles. The second-order valence-electron chi connectivity index (χ2n) is 4.89. The van der Waals surface area contributed by atoms with Crippen molar-refractivity contribution in [1.29, 1.82) is 0 Å². The van der Waals surface area contributed by atoms with Crippen molar-refractivity contribution in [2.75, 3.05) is 0 Å². The number of thiocarbonyl (C=S) groups is 1. The number of hydrogen-bond acceptors (Lipinski definition) is 3. The largest absolute Gasteiger partial charge is 0.317 e. The summed E-state index contributed by atoms with van der Waals surface area (Å²) in [5.74, 6) is -0.189. The zero-order valence-corrected chi connectivity index (χ0v) is 13.1. The van der Waals surface area contributed by atoms with Gasteiger partial charge in [-0.05, 0) is 39.0 Å². The predicted molar refractivity (Wildman–Crippen MR) is 88.4 cm³/mol. The molecule has 1 heterocycles. The normalized spacial score (nSPS) is 11.3. The molecule has 1 amide bonds. The minimum atomic E-state index is -0.189. The Kier molecular flexibility index (Phi) is 4.65. The van der Waals surface area contributed by atoms with E-state index in [-0.39, 0.29) is 5.91 Å². The van der Waals surface area contributed by atoms with Crippen LogP contribution in [-0.4, -0.2) is 20.7 Å². The Hall–Kier alpha value is -2.27. The van der Waals surface area contributed by atoms with Crippen molar-refractivity contribution in [3.63, 3.8) is 0 Å². The Labute approximate surface area is 129 Å². The third-order valence-electron chi connectivity index (χ3n) is 2.93. The number of amides is 1. The van der Waals surface area contributed by atoms with E-state index in [1.165, 1.54) is 5.56 Å². The summed E-state index contributed by atoms with van der Waals surface area (Å²) in [6.45, 7) is 5.47. The fourth-order valence-electron chi connectivity index (χ4n) is 1.82. The van der Waals surface area contributed by atoms with Gasteiger partial charge in [0.1, 0.15) is 0 Å². The highest BCUT2D eigenvalue weighted by Gasteiger charge is 2.05. The van der Waals surface area contributed by atoms with Gasteiger partial charge in [-0.25, -0.2) is 4.68 Å². The highest BCUT2D eigenvalue weighted by molar-refractivity contribution is 7.80. The van der Waals surface area contributed by atoms with Gasteiger partial charge in [0.25, 0.3) is 5.91 Å². The zero-order chi connectivity index (χ0) is 15.4. The summed E-state index contributed by atoms with van der Waals surface area (Å²) in [5.41, 5.74) is 3.64. The SMILES string of the molecule is CC(=S)NC(=O)/C(C)=C/c1cnn(-c2ccc(C)cc2)c1. The maximum atomic E-state index is 11.8. The van der Waals surface area contributed by atoms with E-state index in [4.69, 9.17) is 12.2 Å². The topological polar surface area (TPSA) is 46.9 Å². The summed E-state index contributed by atoms with van der Waals surface area (Å²) >= 11 is 4.86. The number of aryl methyl sites for hydroxylation is 1. The van der Waals surface area contributed by atoms with Crippen LogP contribution in [0.3, 0.4) is 0 Å². The molecule has 0 atom stereocenters. The summed E-state index contributed by atoms with van der Waals surface area (Å²) in [5, 5.41) is 6.91. The number of carbonyl (C=O) groups is 1. The van der Waals surface area contributed by atoms with E-state index in [1.807, 2.05) is 37.4 Å². The lowest BCUT2D eigenvalue weighted by Crippen LogP contribution is -2.27. The fourth-order valence-corrected chi connectivity index (χ4v) is 1.92. The number of benzene rings is 1. The molecule has 2 aromatic rings. The van der Waals surface area contributed by atoms with E-state index >= 15 is 0 Å². The van der Waals surface area contributed by atoms with Gasteiger partial charge in [0.05, 0.1) is 16.9 Å². The number of rotatable bonds is 3. The van der Waals surface area contributed by atoms with Crippen LogP contribution in [-0.2, 0) is 4.79 Å².